The van der Waals surface area contributed by atoms with Crippen molar-refractivity contribution in [3.8, 4) is 16.9 Å². The van der Waals surface area contributed by atoms with Crippen LogP contribution in [0.5, 0.6) is 5.75 Å². The maximum atomic E-state index is 13.4. The number of halogens is 4. The molecule has 8 nitrogen and oxygen atoms in total. The standard InChI is InChI=1S/C20H13F4N3O5/c21-15-6-1-10(7-16(15)27(30)31)9-32-12-4-2-11(3-5-12)13-8-14(18(25)28)19(29)26-17(13)20(22,23)24/h1-8H,9H2,(H2,25,28)(H,26,29). The molecule has 0 radical (unpaired) electrons. The number of pyridine rings is 1. The van der Waals surface area contributed by atoms with Crippen LogP contribution in [-0.2, 0) is 12.8 Å². The van der Waals surface area contributed by atoms with Crippen LogP contribution in [0.15, 0.2) is 53.3 Å². The molecule has 0 aliphatic carbocycles. The largest absolute Gasteiger partial charge is 0.489 e. The minimum atomic E-state index is -4.91. The number of nitrogens with zero attached hydrogens (tertiary/aromatic N) is 1. The van der Waals surface area contributed by atoms with Crippen LogP contribution in [-0.4, -0.2) is 15.8 Å². The van der Waals surface area contributed by atoms with Gasteiger partial charge in [0.15, 0.2) is 0 Å². The van der Waals surface area contributed by atoms with Crippen molar-refractivity contribution in [3.05, 3.63) is 91.6 Å². The zero-order valence-electron chi connectivity index (χ0n) is 15.9. The van der Waals surface area contributed by atoms with Crippen molar-refractivity contribution >= 4 is 11.6 Å². The number of nitrogens with two attached hydrogens (primary N) is 1. The molecule has 0 aliphatic heterocycles. The van der Waals surface area contributed by atoms with E-state index in [1.165, 1.54) is 30.3 Å². The summed E-state index contributed by atoms with van der Waals surface area (Å²) in [5.41, 5.74) is 0.940. The molecule has 32 heavy (non-hydrogen) atoms. The van der Waals surface area contributed by atoms with Crippen molar-refractivity contribution in [1.82, 2.24) is 4.98 Å². The van der Waals surface area contributed by atoms with Crippen molar-refractivity contribution in [3.63, 3.8) is 0 Å². The van der Waals surface area contributed by atoms with Gasteiger partial charge in [0.1, 0.15) is 23.6 Å². The molecular formula is C20H13F4N3O5. The first kappa shape index (κ1) is 22.5. The second-order valence-electron chi connectivity index (χ2n) is 6.52. The second kappa shape index (κ2) is 8.49. The van der Waals surface area contributed by atoms with Gasteiger partial charge in [0.2, 0.25) is 5.82 Å². The summed E-state index contributed by atoms with van der Waals surface area (Å²) < 4.78 is 58.9. The summed E-state index contributed by atoms with van der Waals surface area (Å²) in [6.45, 7) is -0.168. The topological polar surface area (TPSA) is 128 Å². The molecule has 3 rings (SSSR count). The minimum absolute atomic E-state index is 0.0147. The summed E-state index contributed by atoms with van der Waals surface area (Å²) in [7, 11) is 0. The molecule has 12 heteroatoms. The van der Waals surface area contributed by atoms with Gasteiger partial charge in [-0.1, -0.05) is 18.2 Å². The number of nitro groups is 1. The molecule has 0 saturated heterocycles. The fourth-order valence-electron chi connectivity index (χ4n) is 2.85. The number of carbonyl (C=O) groups excluding carboxylic acids is 1. The number of benzene rings is 2. The first-order chi connectivity index (χ1) is 15.0. The molecule has 0 spiro atoms. The Morgan fingerprint density at radius 2 is 1.78 bits per heavy atom. The van der Waals surface area contributed by atoms with Crippen LogP contribution < -0.4 is 16.0 Å². The third-order valence-electron chi connectivity index (χ3n) is 4.37. The molecule has 3 N–H and O–H groups in total. The minimum Gasteiger partial charge on any atom is -0.489 e. The number of aromatic amines is 1. The van der Waals surface area contributed by atoms with E-state index < -0.39 is 50.9 Å². The van der Waals surface area contributed by atoms with E-state index in [1.807, 2.05) is 0 Å². The van der Waals surface area contributed by atoms with E-state index in [2.05, 4.69) is 0 Å². The fourth-order valence-corrected chi connectivity index (χ4v) is 2.85. The molecule has 0 fully saturated rings. The second-order valence-corrected chi connectivity index (χ2v) is 6.52. The Kier molecular flexibility index (Phi) is 5.96. The molecule has 1 aromatic heterocycles. The van der Waals surface area contributed by atoms with Gasteiger partial charge in [-0.05, 0) is 35.4 Å². The number of amides is 1. The molecule has 0 saturated carbocycles. The molecule has 3 aromatic rings. The van der Waals surface area contributed by atoms with E-state index in [1.54, 1.807) is 4.98 Å². The number of nitro benzene ring substituents is 1. The Bertz CT molecular complexity index is 1250. The van der Waals surface area contributed by atoms with Gasteiger partial charge in [0, 0.05) is 11.6 Å². The highest BCUT2D eigenvalue weighted by Crippen LogP contribution is 2.35. The van der Waals surface area contributed by atoms with Crippen LogP contribution in [0.1, 0.15) is 21.6 Å². The van der Waals surface area contributed by atoms with Crippen LogP contribution in [0.2, 0.25) is 0 Å². The van der Waals surface area contributed by atoms with Gasteiger partial charge in [0.05, 0.1) is 4.92 Å². The number of ether oxygens (including phenoxy) is 1. The molecule has 0 aliphatic rings. The van der Waals surface area contributed by atoms with E-state index in [-0.39, 0.29) is 17.9 Å². The number of nitrogens with one attached hydrogen (secondary N) is 1. The predicted molar refractivity (Wildman–Crippen MR) is 103 cm³/mol. The summed E-state index contributed by atoms with van der Waals surface area (Å²) in [6, 6.07) is 9.14. The van der Waals surface area contributed by atoms with Crippen LogP contribution >= 0.6 is 0 Å². The van der Waals surface area contributed by atoms with Crippen LogP contribution in [0.4, 0.5) is 23.2 Å². The number of carbonyl (C=O) groups is 1. The fraction of sp³-hybridized carbons (Fsp3) is 0.100. The number of aromatic nitrogens is 1. The summed E-state index contributed by atoms with van der Waals surface area (Å²) in [5.74, 6) is -1.98. The average molecular weight is 451 g/mol. The lowest BCUT2D eigenvalue weighted by Gasteiger charge is -2.14. The molecule has 2 aromatic carbocycles. The average Bonchev–Trinajstić information content (AvgIpc) is 2.72. The highest BCUT2D eigenvalue weighted by molar-refractivity contribution is 5.94. The van der Waals surface area contributed by atoms with Crippen LogP contribution in [0.3, 0.4) is 0 Å². The summed E-state index contributed by atoms with van der Waals surface area (Å²) in [4.78, 5) is 34.7. The first-order valence-corrected chi connectivity index (χ1v) is 8.77. The van der Waals surface area contributed by atoms with Gasteiger partial charge in [-0.15, -0.1) is 0 Å². The number of rotatable bonds is 6. The van der Waals surface area contributed by atoms with Gasteiger partial charge in [-0.3, -0.25) is 19.7 Å². The lowest BCUT2D eigenvalue weighted by Crippen LogP contribution is -2.27. The zero-order chi connectivity index (χ0) is 23.6. The van der Waals surface area contributed by atoms with Crippen LogP contribution in [0, 0.1) is 15.9 Å². The van der Waals surface area contributed by atoms with Crippen molar-refractivity contribution < 1.29 is 32.0 Å². The number of alkyl halides is 3. The van der Waals surface area contributed by atoms with Crippen LogP contribution in [0.25, 0.3) is 11.1 Å². The lowest BCUT2D eigenvalue weighted by molar-refractivity contribution is -0.387. The number of hydrogen-bond donors (Lipinski definition) is 2. The van der Waals surface area contributed by atoms with Gasteiger partial charge in [-0.25, -0.2) is 0 Å². The Morgan fingerprint density at radius 3 is 2.34 bits per heavy atom. The monoisotopic (exact) mass is 451 g/mol. The van der Waals surface area contributed by atoms with E-state index >= 15 is 0 Å². The maximum absolute atomic E-state index is 13.4. The van der Waals surface area contributed by atoms with Crippen molar-refractivity contribution in [1.29, 1.82) is 0 Å². The van der Waals surface area contributed by atoms with E-state index in [0.29, 0.717) is 5.56 Å². The Hall–Kier alpha value is -4.22. The summed E-state index contributed by atoms with van der Waals surface area (Å²) in [6.07, 6.45) is -4.91. The van der Waals surface area contributed by atoms with Crippen molar-refractivity contribution in [2.75, 3.05) is 0 Å². The smallest absolute Gasteiger partial charge is 0.431 e. The van der Waals surface area contributed by atoms with E-state index in [4.69, 9.17) is 10.5 Å². The number of hydrogen-bond acceptors (Lipinski definition) is 5. The van der Waals surface area contributed by atoms with Gasteiger partial charge in [0.25, 0.3) is 11.5 Å². The normalized spacial score (nSPS) is 11.2. The maximum Gasteiger partial charge on any atom is 0.431 e. The highest BCUT2D eigenvalue weighted by atomic mass is 19.4. The molecule has 1 heterocycles. The van der Waals surface area contributed by atoms with Crippen molar-refractivity contribution in [2.45, 2.75) is 12.8 Å². The Labute approximate surface area is 176 Å². The summed E-state index contributed by atoms with van der Waals surface area (Å²) in [5, 5.41) is 10.8. The SMILES string of the molecule is NC(=O)c1cc(-c2ccc(OCc3ccc(F)c([N+](=O)[O-])c3)cc2)c(C(F)(F)F)[nH]c1=O. The Balaban J connectivity index is 1.88. The zero-order valence-corrected chi connectivity index (χ0v) is 15.9. The predicted octanol–water partition coefficient (Wildman–Crippen LogP) is 3.79. The number of primary amides is 1. The lowest BCUT2D eigenvalue weighted by atomic mass is 10.0. The van der Waals surface area contributed by atoms with Gasteiger partial charge in [-0.2, -0.15) is 17.6 Å². The first-order valence-electron chi connectivity index (χ1n) is 8.77. The third kappa shape index (κ3) is 4.74. The Morgan fingerprint density at radius 1 is 1.12 bits per heavy atom. The van der Waals surface area contributed by atoms with Gasteiger partial charge < -0.3 is 15.5 Å². The molecule has 0 bridgehead atoms. The molecule has 0 unspecified atom stereocenters. The van der Waals surface area contributed by atoms with E-state index in [9.17, 15) is 37.3 Å². The van der Waals surface area contributed by atoms with Crippen molar-refractivity contribution in [2.24, 2.45) is 5.73 Å². The molecule has 166 valence electrons. The summed E-state index contributed by atoms with van der Waals surface area (Å²) >= 11 is 0. The quantitative estimate of drug-likeness (QED) is 0.335. The number of H-pyrrole nitrogens is 1. The molecular weight excluding hydrogens is 438 g/mol. The van der Waals surface area contributed by atoms with E-state index in [0.717, 1.165) is 18.2 Å². The molecule has 1 amide bonds. The van der Waals surface area contributed by atoms with Gasteiger partial charge >= 0.3 is 11.9 Å². The third-order valence-corrected chi connectivity index (χ3v) is 4.37. The highest BCUT2D eigenvalue weighted by Gasteiger charge is 2.36. The molecule has 0 atom stereocenters.